The Balaban J connectivity index is 2.26. The number of carbonyl (C=O) groups is 1. The Morgan fingerprint density at radius 3 is 2.62 bits per heavy atom. The fourth-order valence-corrected chi connectivity index (χ4v) is 2.82. The first-order valence-corrected chi connectivity index (χ1v) is 7.61. The lowest BCUT2D eigenvalue weighted by atomic mass is 10.2. The summed E-state index contributed by atoms with van der Waals surface area (Å²) in [6.45, 7) is 7.13. The number of aryl methyl sites for hydroxylation is 3. The van der Waals surface area contributed by atoms with Gasteiger partial charge in [0.25, 0.3) is 5.91 Å². The summed E-state index contributed by atoms with van der Waals surface area (Å²) in [4.78, 5) is 14.3. The number of carbonyl (C=O) groups excluding carboxylic acids is 1. The number of rotatable bonds is 4. The lowest BCUT2D eigenvalue weighted by Gasteiger charge is -2.18. The molecule has 0 aliphatic rings. The molecule has 2 aromatic rings. The van der Waals surface area contributed by atoms with Crippen LogP contribution in [0, 0.1) is 13.8 Å². The minimum atomic E-state index is -0.0520. The summed E-state index contributed by atoms with van der Waals surface area (Å²) in [7, 11) is 3.71. The maximum Gasteiger partial charge on any atom is 0.273 e. The van der Waals surface area contributed by atoms with Gasteiger partial charge in [0.15, 0.2) is 0 Å². The summed E-state index contributed by atoms with van der Waals surface area (Å²) in [6.07, 6.45) is 1.66. The van der Waals surface area contributed by atoms with E-state index in [1.165, 1.54) is 0 Å². The third-order valence-electron chi connectivity index (χ3n) is 3.70. The second kappa shape index (κ2) is 6.01. The third-order valence-corrected chi connectivity index (χ3v) is 4.28. The predicted molar refractivity (Wildman–Crippen MR) is 84.1 cm³/mol. The monoisotopic (exact) mass is 353 g/mol. The Labute approximate surface area is 132 Å². The van der Waals surface area contributed by atoms with Crippen LogP contribution in [0.15, 0.2) is 10.7 Å². The van der Waals surface area contributed by atoms with Gasteiger partial charge in [0.1, 0.15) is 5.69 Å². The Morgan fingerprint density at radius 2 is 2.10 bits per heavy atom. The summed E-state index contributed by atoms with van der Waals surface area (Å²) < 4.78 is 4.27. The van der Waals surface area contributed by atoms with Gasteiger partial charge in [-0.25, -0.2) is 0 Å². The van der Waals surface area contributed by atoms with Crippen LogP contribution in [0.1, 0.15) is 34.4 Å². The molecule has 0 atom stereocenters. The van der Waals surface area contributed by atoms with Crippen LogP contribution in [-0.2, 0) is 20.1 Å². The zero-order valence-electron chi connectivity index (χ0n) is 13.0. The second-order valence-electron chi connectivity index (χ2n) is 5.09. The molecule has 0 unspecified atom stereocenters. The summed E-state index contributed by atoms with van der Waals surface area (Å²) in [5, 5.41) is 8.58. The highest BCUT2D eigenvalue weighted by atomic mass is 79.9. The molecule has 0 bridgehead atoms. The van der Waals surface area contributed by atoms with Gasteiger partial charge in [-0.1, -0.05) is 0 Å². The van der Waals surface area contributed by atoms with Gasteiger partial charge in [-0.05, 0) is 36.7 Å². The van der Waals surface area contributed by atoms with Gasteiger partial charge in [-0.15, -0.1) is 0 Å². The molecule has 6 nitrogen and oxygen atoms in total. The fourth-order valence-electron chi connectivity index (χ4n) is 2.35. The zero-order chi connectivity index (χ0) is 15.7. The number of hydrogen-bond donors (Lipinski definition) is 0. The fraction of sp³-hybridized carbons (Fsp3) is 0.500. The van der Waals surface area contributed by atoms with E-state index in [1.807, 2.05) is 32.5 Å². The molecule has 2 aromatic heterocycles. The van der Waals surface area contributed by atoms with Gasteiger partial charge in [-0.2, -0.15) is 10.2 Å². The van der Waals surface area contributed by atoms with E-state index in [4.69, 9.17) is 0 Å². The van der Waals surface area contributed by atoms with Crippen LogP contribution in [0.2, 0.25) is 0 Å². The lowest BCUT2D eigenvalue weighted by molar-refractivity contribution is 0.0771. The van der Waals surface area contributed by atoms with E-state index in [-0.39, 0.29) is 5.91 Å². The quantitative estimate of drug-likeness (QED) is 0.847. The molecular formula is C14H20BrN5O. The lowest BCUT2D eigenvalue weighted by Crippen LogP contribution is -2.29. The van der Waals surface area contributed by atoms with E-state index in [1.54, 1.807) is 22.8 Å². The average molecular weight is 354 g/mol. The molecule has 0 saturated carbocycles. The summed E-state index contributed by atoms with van der Waals surface area (Å²) in [6, 6.07) is 0. The van der Waals surface area contributed by atoms with Gasteiger partial charge in [0.2, 0.25) is 0 Å². The first-order valence-electron chi connectivity index (χ1n) is 6.82. The van der Waals surface area contributed by atoms with Crippen molar-refractivity contribution in [2.24, 2.45) is 7.05 Å². The Bertz CT molecular complexity index is 673. The number of amides is 1. The maximum absolute atomic E-state index is 12.6. The van der Waals surface area contributed by atoms with Crippen molar-refractivity contribution in [3.05, 3.63) is 33.3 Å². The van der Waals surface area contributed by atoms with Gasteiger partial charge >= 0.3 is 0 Å². The van der Waals surface area contributed by atoms with E-state index < -0.39 is 0 Å². The molecule has 0 spiro atoms. The molecule has 0 aliphatic carbocycles. The largest absolute Gasteiger partial charge is 0.336 e. The summed E-state index contributed by atoms with van der Waals surface area (Å²) >= 11 is 3.40. The number of aromatic nitrogens is 4. The average Bonchev–Trinajstić information content (AvgIpc) is 2.93. The predicted octanol–water partition coefficient (Wildman–Crippen LogP) is 2.29. The molecule has 0 radical (unpaired) electrons. The first kappa shape index (κ1) is 15.8. The highest BCUT2D eigenvalue weighted by molar-refractivity contribution is 9.10. The van der Waals surface area contributed by atoms with E-state index in [0.717, 1.165) is 21.4 Å². The second-order valence-corrected chi connectivity index (χ2v) is 5.95. The molecular weight excluding hydrogens is 334 g/mol. The van der Waals surface area contributed by atoms with Crippen LogP contribution >= 0.6 is 15.9 Å². The van der Waals surface area contributed by atoms with Crippen LogP contribution in [0.3, 0.4) is 0 Å². The smallest absolute Gasteiger partial charge is 0.273 e. The topological polar surface area (TPSA) is 56.0 Å². The van der Waals surface area contributed by atoms with Crippen molar-refractivity contribution < 1.29 is 4.79 Å². The van der Waals surface area contributed by atoms with Crippen molar-refractivity contribution in [2.45, 2.75) is 33.9 Å². The first-order chi connectivity index (χ1) is 9.86. The van der Waals surface area contributed by atoms with Crippen molar-refractivity contribution in [1.82, 2.24) is 24.5 Å². The molecule has 7 heteroatoms. The van der Waals surface area contributed by atoms with Crippen molar-refractivity contribution in [3.63, 3.8) is 0 Å². The van der Waals surface area contributed by atoms with Crippen molar-refractivity contribution in [2.75, 3.05) is 7.05 Å². The molecule has 0 saturated heterocycles. The van der Waals surface area contributed by atoms with Gasteiger partial charge < -0.3 is 4.90 Å². The van der Waals surface area contributed by atoms with Crippen molar-refractivity contribution >= 4 is 21.8 Å². The van der Waals surface area contributed by atoms with Crippen LogP contribution in [0.4, 0.5) is 0 Å². The van der Waals surface area contributed by atoms with Crippen LogP contribution < -0.4 is 0 Å². The van der Waals surface area contributed by atoms with Crippen LogP contribution in [-0.4, -0.2) is 37.4 Å². The normalized spacial score (nSPS) is 11.0. The number of hydrogen-bond acceptors (Lipinski definition) is 3. The Kier molecular flexibility index (Phi) is 4.51. The molecule has 2 heterocycles. The van der Waals surface area contributed by atoms with Crippen LogP contribution in [0.5, 0.6) is 0 Å². The standard InChI is InChI=1S/C14H20BrN5O/c1-6-20-13(12(15)7-16-20)14(21)18(4)8-11-9(2)17-19(5)10(11)3/h7H,6,8H2,1-5H3. The maximum atomic E-state index is 12.6. The Hall–Kier alpha value is -1.63. The molecule has 0 N–H and O–H groups in total. The minimum Gasteiger partial charge on any atom is -0.336 e. The van der Waals surface area contributed by atoms with E-state index >= 15 is 0 Å². The van der Waals surface area contributed by atoms with Gasteiger partial charge in [-0.3, -0.25) is 14.2 Å². The highest BCUT2D eigenvalue weighted by Gasteiger charge is 2.22. The number of nitrogens with zero attached hydrogens (tertiary/aromatic N) is 5. The van der Waals surface area contributed by atoms with Crippen molar-refractivity contribution in [3.8, 4) is 0 Å². The molecule has 1 amide bonds. The molecule has 0 aliphatic heterocycles. The minimum absolute atomic E-state index is 0.0520. The zero-order valence-corrected chi connectivity index (χ0v) is 14.6. The molecule has 114 valence electrons. The highest BCUT2D eigenvalue weighted by Crippen LogP contribution is 2.20. The van der Waals surface area contributed by atoms with Gasteiger partial charge in [0.05, 0.1) is 16.4 Å². The van der Waals surface area contributed by atoms with E-state index in [0.29, 0.717) is 18.8 Å². The van der Waals surface area contributed by atoms with Gasteiger partial charge in [0, 0.05) is 38.4 Å². The van der Waals surface area contributed by atoms with Crippen molar-refractivity contribution in [1.29, 1.82) is 0 Å². The number of halogens is 1. The molecule has 21 heavy (non-hydrogen) atoms. The molecule has 0 fully saturated rings. The van der Waals surface area contributed by atoms with E-state index in [2.05, 4.69) is 26.1 Å². The molecule has 2 rings (SSSR count). The molecule has 0 aromatic carbocycles. The summed E-state index contributed by atoms with van der Waals surface area (Å²) in [5.74, 6) is -0.0520. The Morgan fingerprint density at radius 1 is 1.43 bits per heavy atom. The third kappa shape index (κ3) is 2.88. The van der Waals surface area contributed by atoms with Crippen LogP contribution in [0.25, 0.3) is 0 Å². The van der Waals surface area contributed by atoms with E-state index in [9.17, 15) is 4.79 Å². The summed E-state index contributed by atoms with van der Waals surface area (Å²) in [5.41, 5.74) is 3.71. The SMILES string of the molecule is CCn1ncc(Br)c1C(=O)N(C)Cc1c(C)nn(C)c1C.